The number of anilines is 1. The number of H-pyrrole nitrogens is 1. The number of carbonyl (C=O) groups is 2. The van der Waals surface area contributed by atoms with Crippen LogP contribution in [0.2, 0.25) is 0 Å². The first kappa shape index (κ1) is 22.5. The number of ketones is 1. The minimum absolute atomic E-state index is 0.0118. The molecule has 2 heterocycles. The molecule has 31 heavy (non-hydrogen) atoms. The van der Waals surface area contributed by atoms with Crippen molar-refractivity contribution in [1.29, 1.82) is 0 Å². The second kappa shape index (κ2) is 9.32. The van der Waals surface area contributed by atoms with Crippen molar-refractivity contribution < 1.29 is 22.4 Å². The number of amides is 1. The fraction of sp³-hybridized carbons (Fsp3) is 0.273. The largest absolute Gasteiger partial charge is 0.468 e. The second-order valence-electron chi connectivity index (χ2n) is 7.17. The van der Waals surface area contributed by atoms with Crippen molar-refractivity contribution in [1.82, 2.24) is 9.71 Å². The van der Waals surface area contributed by atoms with E-state index in [0.29, 0.717) is 40.4 Å². The maximum Gasteiger partial charge on any atom is 0.272 e. The van der Waals surface area contributed by atoms with Crippen LogP contribution >= 0.6 is 0 Å². The Hall–Kier alpha value is -3.17. The van der Waals surface area contributed by atoms with Crippen molar-refractivity contribution in [2.24, 2.45) is 0 Å². The summed E-state index contributed by atoms with van der Waals surface area (Å²) in [6, 6.07) is 9.31. The molecule has 0 radical (unpaired) electrons. The van der Waals surface area contributed by atoms with Gasteiger partial charge in [0.15, 0.2) is 5.78 Å². The van der Waals surface area contributed by atoms with Gasteiger partial charge in [0.1, 0.15) is 11.5 Å². The Kier molecular flexibility index (Phi) is 6.77. The molecule has 3 N–H and O–H groups in total. The quantitative estimate of drug-likeness (QED) is 0.434. The van der Waals surface area contributed by atoms with E-state index in [2.05, 4.69) is 15.0 Å². The standard InChI is InChI=1S/C22H25N3O5S/c1-4-7-19-20(15(3)26)14(2)24-21(19)22(27)25-16-8-5-10-18(12-16)31(28,29)23-13-17-9-6-11-30-17/h5-6,8-12,23-24H,4,7,13H2,1-3H3,(H,25,27). The van der Waals surface area contributed by atoms with Gasteiger partial charge in [0.25, 0.3) is 5.91 Å². The number of hydrogen-bond acceptors (Lipinski definition) is 5. The van der Waals surface area contributed by atoms with E-state index in [9.17, 15) is 18.0 Å². The Balaban J connectivity index is 1.82. The summed E-state index contributed by atoms with van der Waals surface area (Å²) in [7, 11) is -3.80. The molecule has 0 spiro atoms. The van der Waals surface area contributed by atoms with Gasteiger partial charge in [-0.3, -0.25) is 9.59 Å². The number of hydrogen-bond donors (Lipinski definition) is 3. The Bertz CT molecular complexity index is 1190. The number of carbonyl (C=O) groups excluding carboxylic acids is 2. The zero-order chi connectivity index (χ0) is 22.6. The van der Waals surface area contributed by atoms with E-state index in [1.807, 2.05) is 6.92 Å². The summed E-state index contributed by atoms with van der Waals surface area (Å²) in [5.41, 5.74) is 2.48. The number of nitrogens with one attached hydrogen (secondary N) is 3. The van der Waals surface area contributed by atoms with Crippen LogP contribution < -0.4 is 10.0 Å². The first-order valence-electron chi connectivity index (χ1n) is 9.88. The van der Waals surface area contributed by atoms with E-state index < -0.39 is 15.9 Å². The third kappa shape index (κ3) is 5.12. The highest BCUT2D eigenvalue weighted by Gasteiger charge is 2.23. The highest BCUT2D eigenvalue weighted by Crippen LogP contribution is 2.23. The van der Waals surface area contributed by atoms with Gasteiger partial charge in [-0.15, -0.1) is 0 Å². The molecular weight excluding hydrogens is 418 g/mol. The lowest BCUT2D eigenvalue weighted by molar-refractivity contribution is 0.101. The van der Waals surface area contributed by atoms with Crippen molar-refractivity contribution in [3.63, 3.8) is 0 Å². The average molecular weight is 444 g/mol. The van der Waals surface area contributed by atoms with Crippen LogP contribution in [-0.4, -0.2) is 25.1 Å². The first-order valence-corrected chi connectivity index (χ1v) is 11.4. The molecule has 0 aliphatic carbocycles. The fourth-order valence-corrected chi connectivity index (χ4v) is 4.48. The Labute approximate surface area is 181 Å². The molecule has 0 fully saturated rings. The molecule has 164 valence electrons. The molecule has 1 amide bonds. The van der Waals surface area contributed by atoms with Crippen LogP contribution in [0.5, 0.6) is 0 Å². The van der Waals surface area contributed by atoms with Gasteiger partial charge in [-0.1, -0.05) is 19.4 Å². The van der Waals surface area contributed by atoms with Crippen LogP contribution in [0.4, 0.5) is 5.69 Å². The number of sulfonamides is 1. The normalized spacial score (nSPS) is 11.5. The third-order valence-electron chi connectivity index (χ3n) is 4.79. The Morgan fingerprint density at radius 3 is 2.58 bits per heavy atom. The molecule has 2 aromatic heterocycles. The summed E-state index contributed by atoms with van der Waals surface area (Å²) >= 11 is 0. The maximum atomic E-state index is 12.9. The van der Waals surface area contributed by atoms with Crippen LogP contribution in [-0.2, 0) is 23.0 Å². The van der Waals surface area contributed by atoms with Crippen molar-refractivity contribution in [3.8, 4) is 0 Å². The Morgan fingerprint density at radius 1 is 1.16 bits per heavy atom. The predicted octanol–water partition coefficient (Wildman–Crippen LogP) is 3.80. The van der Waals surface area contributed by atoms with Gasteiger partial charge >= 0.3 is 0 Å². The van der Waals surface area contributed by atoms with Crippen molar-refractivity contribution in [2.75, 3.05) is 5.32 Å². The monoisotopic (exact) mass is 443 g/mol. The lowest BCUT2D eigenvalue weighted by Gasteiger charge is -2.10. The van der Waals surface area contributed by atoms with Gasteiger partial charge in [0, 0.05) is 16.9 Å². The number of benzene rings is 1. The zero-order valence-corrected chi connectivity index (χ0v) is 18.4. The molecule has 9 heteroatoms. The lowest BCUT2D eigenvalue weighted by Crippen LogP contribution is -2.23. The van der Waals surface area contributed by atoms with E-state index in [-0.39, 0.29) is 17.2 Å². The maximum absolute atomic E-state index is 12.9. The van der Waals surface area contributed by atoms with Crippen molar-refractivity contribution in [3.05, 3.63) is 70.9 Å². The van der Waals surface area contributed by atoms with Crippen LogP contribution in [0, 0.1) is 6.92 Å². The number of Topliss-reactive ketones (excluding diaryl/α,β-unsaturated/α-hetero) is 1. The molecule has 0 saturated carbocycles. The fourth-order valence-electron chi connectivity index (χ4n) is 3.44. The lowest BCUT2D eigenvalue weighted by atomic mass is 10.0. The molecule has 8 nitrogen and oxygen atoms in total. The summed E-state index contributed by atoms with van der Waals surface area (Å²) in [6.45, 7) is 5.21. The van der Waals surface area contributed by atoms with Gasteiger partial charge in [0.05, 0.1) is 17.7 Å². The highest BCUT2D eigenvalue weighted by molar-refractivity contribution is 7.89. The van der Waals surface area contributed by atoms with Crippen LogP contribution in [0.1, 0.15) is 58.1 Å². The summed E-state index contributed by atoms with van der Waals surface area (Å²) in [5, 5.41) is 2.73. The van der Waals surface area contributed by atoms with Gasteiger partial charge < -0.3 is 14.7 Å². The molecule has 0 unspecified atom stereocenters. The van der Waals surface area contributed by atoms with E-state index in [4.69, 9.17) is 4.42 Å². The van der Waals surface area contributed by atoms with E-state index >= 15 is 0 Å². The summed E-state index contributed by atoms with van der Waals surface area (Å²) in [5.74, 6) is -0.0519. The molecule has 0 aliphatic heterocycles. The molecule has 0 aliphatic rings. The zero-order valence-electron chi connectivity index (χ0n) is 17.6. The summed E-state index contributed by atoms with van der Waals surface area (Å²) in [6.07, 6.45) is 2.81. The number of aromatic amines is 1. The van der Waals surface area contributed by atoms with E-state index in [1.54, 1.807) is 31.2 Å². The smallest absolute Gasteiger partial charge is 0.272 e. The molecule has 0 saturated heterocycles. The minimum Gasteiger partial charge on any atom is -0.468 e. The first-order chi connectivity index (χ1) is 14.7. The molecule has 3 rings (SSSR count). The molecular formula is C22H25N3O5S. The molecule has 1 aromatic carbocycles. The van der Waals surface area contributed by atoms with Crippen LogP contribution in [0.3, 0.4) is 0 Å². The summed E-state index contributed by atoms with van der Waals surface area (Å²) in [4.78, 5) is 28.0. The van der Waals surface area contributed by atoms with Gasteiger partial charge in [-0.05, 0) is 56.2 Å². The number of aromatic nitrogens is 1. The number of rotatable bonds is 9. The molecule has 0 atom stereocenters. The minimum atomic E-state index is -3.80. The number of furan rings is 1. The number of aryl methyl sites for hydroxylation is 1. The van der Waals surface area contributed by atoms with Crippen molar-refractivity contribution in [2.45, 2.75) is 45.1 Å². The van der Waals surface area contributed by atoms with E-state index in [0.717, 1.165) is 6.42 Å². The molecule has 3 aromatic rings. The predicted molar refractivity (Wildman–Crippen MR) is 117 cm³/mol. The second-order valence-corrected chi connectivity index (χ2v) is 8.94. The van der Waals surface area contributed by atoms with E-state index in [1.165, 1.54) is 25.3 Å². The van der Waals surface area contributed by atoms with Gasteiger partial charge in [-0.25, -0.2) is 13.1 Å². The van der Waals surface area contributed by atoms with Crippen LogP contribution in [0.15, 0.2) is 52.0 Å². The SMILES string of the molecule is CCCc1c(C(=O)Nc2cccc(S(=O)(=O)NCc3ccco3)c2)[nH]c(C)c1C(C)=O. The van der Waals surface area contributed by atoms with Crippen molar-refractivity contribution >= 4 is 27.4 Å². The Morgan fingerprint density at radius 2 is 1.94 bits per heavy atom. The highest BCUT2D eigenvalue weighted by atomic mass is 32.2. The topological polar surface area (TPSA) is 121 Å². The molecule has 0 bridgehead atoms. The average Bonchev–Trinajstić information content (AvgIpc) is 3.35. The van der Waals surface area contributed by atoms with Crippen LogP contribution in [0.25, 0.3) is 0 Å². The third-order valence-corrected chi connectivity index (χ3v) is 6.19. The van der Waals surface area contributed by atoms with Gasteiger partial charge in [-0.2, -0.15) is 0 Å². The summed E-state index contributed by atoms with van der Waals surface area (Å²) < 4.78 is 32.8. The van der Waals surface area contributed by atoms with Gasteiger partial charge in [0.2, 0.25) is 10.0 Å².